The zero-order chi connectivity index (χ0) is 14.5. The SMILES string of the molecule is CCn1cc(Br)cc1C(=O)N(C)CCc1ccccn1. The Labute approximate surface area is 127 Å². The zero-order valence-corrected chi connectivity index (χ0v) is 13.3. The van der Waals surface area contributed by atoms with E-state index in [4.69, 9.17) is 0 Å². The van der Waals surface area contributed by atoms with Crippen LogP contribution in [0.25, 0.3) is 0 Å². The van der Waals surface area contributed by atoms with Crippen LogP contribution in [-0.2, 0) is 13.0 Å². The van der Waals surface area contributed by atoms with E-state index in [-0.39, 0.29) is 5.91 Å². The van der Waals surface area contributed by atoms with Crippen molar-refractivity contribution in [1.82, 2.24) is 14.5 Å². The highest BCUT2D eigenvalue weighted by atomic mass is 79.9. The highest BCUT2D eigenvalue weighted by Gasteiger charge is 2.16. The van der Waals surface area contributed by atoms with Crippen molar-refractivity contribution in [2.45, 2.75) is 19.9 Å². The Hall–Kier alpha value is -1.62. The minimum Gasteiger partial charge on any atom is -0.343 e. The molecule has 0 saturated carbocycles. The Morgan fingerprint density at radius 3 is 2.90 bits per heavy atom. The number of rotatable bonds is 5. The molecule has 0 bridgehead atoms. The van der Waals surface area contributed by atoms with Crippen LogP contribution < -0.4 is 0 Å². The molecule has 0 aliphatic heterocycles. The predicted octanol–water partition coefficient (Wildman–Crippen LogP) is 2.98. The van der Waals surface area contributed by atoms with Gasteiger partial charge in [-0.05, 0) is 41.1 Å². The fourth-order valence-electron chi connectivity index (χ4n) is 2.04. The van der Waals surface area contributed by atoms with Crippen molar-refractivity contribution in [3.05, 3.63) is 52.5 Å². The second-order valence-electron chi connectivity index (χ2n) is 4.63. The van der Waals surface area contributed by atoms with E-state index in [0.717, 1.165) is 23.1 Å². The molecule has 2 aromatic rings. The van der Waals surface area contributed by atoms with Gasteiger partial charge in [0.2, 0.25) is 0 Å². The molecule has 0 fully saturated rings. The first-order valence-electron chi connectivity index (χ1n) is 6.63. The van der Waals surface area contributed by atoms with E-state index in [9.17, 15) is 4.79 Å². The number of amides is 1. The number of aryl methyl sites for hydroxylation is 1. The highest BCUT2D eigenvalue weighted by Crippen LogP contribution is 2.16. The van der Waals surface area contributed by atoms with Gasteiger partial charge in [0.15, 0.2) is 0 Å². The van der Waals surface area contributed by atoms with E-state index in [2.05, 4.69) is 20.9 Å². The number of hydrogen-bond donors (Lipinski definition) is 0. The van der Waals surface area contributed by atoms with Crippen LogP contribution in [0, 0.1) is 0 Å². The molecule has 0 aliphatic rings. The van der Waals surface area contributed by atoms with E-state index in [1.807, 2.05) is 49.0 Å². The van der Waals surface area contributed by atoms with Crippen LogP contribution in [0.4, 0.5) is 0 Å². The standard InChI is InChI=1S/C15H18BrN3O/c1-3-19-11-12(16)10-14(19)15(20)18(2)9-7-13-6-4-5-8-17-13/h4-6,8,10-11H,3,7,9H2,1-2H3. The summed E-state index contributed by atoms with van der Waals surface area (Å²) in [6.07, 6.45) is 4.47. The predicted molar refractivity (Wildman–Crippen MR) is 82.7 cm³/mol. The summed E-state index contributed by atoms with van der Waals surface area (Å²) >= 11 is 3.42. The lowest BCUT2D eigenvalue weighted by atomic mass is 10.2. The molecule has 4 nitrogen and oxygen atoms in total. The second kappa shape index (κ2) is 6.70. The maximum atomic E-state index is 12.4. The summed E-state index contributed by atoms with van der Waals surface area (Å²) in [6.45, 7) is 3.46. The third kappa shape index (κ3) is 3.48. The normalized spacial score (nSPS) is 10.6. The van der Waals surface area contributed by atoms with Crippen LogP contribution in [0.2, 0.25) is 0 Å². The molecule has 20 heavy (non-hydrogen) atoms. The van der Waals surface area contributed by atoms with E-state index >= 15 is 0 Å². The summed E-state index contributed by atoms with van der Waals surface area (Å²) in [7, 11) is 1.83. The largest absolute Gasteiger partial charge is 0.343 e. The van der Waals surface area contributed by atoms with Crippen molar-refractivity contribution in [3.8, 4) is 0 Å². The van der Waals surface area contributed by atoms with Crippen LogP contribution in [0.5, 0.6) is 0 Å². The molecule has 5 heteroatoms. The lowest BCUT2D eigenvalue weighted by Crippen LogP contribution is -2.30. The number of pyridine rings is 1. The Balaban J connectivity index is 2.01. The van der Waals surface area contributed by atoms with Gasteiger partial charge in [0, 0.05) is 49.1 Å². The smallest absolute Gasteiger partial charge is 0.270 e. The molecule has 0 aromatic carbocycles. The fraction of sp³-hybridized carbons (Fsp3) is 0.333. The average molecular weight is 336 g/mol. The third-order valence-corrected chi connectivity index (χ3v) is 3.63. The number of likely N-dealkylation sites (N-methyl/N-ethyl adjacent to an activating group) is 1. The molecule has 0 atom stereocenters. The lowest BCUT2D eigenvalue weighted by Gasteiger charge is -2.17. The minimum atomic E-state index is 0.0356. The molecule has 0 spiro atoms. The van der Waals surface area contributed by atoms with Crippen molar-refractivity contribution < 1.29 is 4.79 Å². The van der Waals surface area contributed by atoms with Crippen molar-refractivity contribution in [3.63, 3.8) is 0 Å². The summed E-state index contributed by atoms with van der Waals surface area (Å²) in [5.41, 5.74) is 1.71. The van der Waals surface area contributed by atoms with Gasteiger partial charge < -0.3 is 9.47 Å². The highest BCUT2D eigenvalue weighted by molar-refractivity contribution is 9.10. The van der Waals surface area contributed by atoms with Gasteiger partial charge in [0.1, 0.15) is 5.69 Å². The van der Waals surface area contributed by atoms with Crippen molar-refractivity contribution in [2.75, 3.05) is 13.6 Å². The summed E-state index contributed by atoms with van der Waals surface area (Å²) < 4.78 is 2.88. The van der Waals surface area contributed by atoms with Crippen LogP contribution in [0.1, 0.15) is 23.1 Å². The molecule has 106 valence electrons. The molecule has 1 amide bonds. The van der Waals surface area contributed by atoms with Gasteiger partial charge in [-0.1, -0.05) is 6.07 Å². The average Bonchev–Trinajstić information content (AvgIpc) is 2.86. The van der Waals surface area contributed by atoms with Crippen LogP contribution in [0.3, 0.4) is 0 Å². The van der Waals surface area contributed by atoms with Gasteiger partial charge in [0.25, 0.3) is 5.91 Å². The van der Waals surface area contributed by atoms with Gasteiger partial charge in [-0.2, -0.15) is 0 Å². The van der Waals surface area contributed by atoms with Crippen molar-refractivity contribution in [2.24, 2.45) is 0 Å². The molecular weight excluding hydrogens is 318 g/mol. The van der Waals surface area contributed by atoms with Crippen LogP contribution in [0.15, 0.2) is 41.1 Å². The number of hydrogen-bond acceptors (Lipinski definition) is 2. The minimum absolute atomic E-state index is 0.0356. The maximum absolute atomic E-state index is 12.4. The van der Waals surface area contributed by atoms with Gasteiger partial charge in [-0.25, -0.2) is 0 Å². The van der Waals surface area contributed by atoms with Gasteiger partial charge >= 0.3 is 0 Å². The molecule has 2 aromatic heterocycles. The Bertz CT molecular complexity index is 580. The van der Waals surface area contributed by atoms with Crippen LogP contribution >= 0.6 is 15.9 Å². The Kier molecular flexibility index (Phi) is 4.95. The quantitative estimate of drug-likeness (QED) is 0.842. The van der Waals surface area contributed by atoms with E-state index in [1.54, 1.807) is 11.1 Å². The van der Waals surface area contributed by atoms with Crippen LogP contribution in [-0.4, -0.2) is 34.0 Å². The molecule has 0 N–H and O–H groups in total. The van der Waals surface area contributed by atoms with Crippen molar-refractivity contribution in [1.29, 1.82) is 0 Å². The van der Waals surface area contributed by atoms with E-state index < -0.39 is 0 Å². The molecular formula is C15H18BrN3O. The number of halogens is 1. The zero-order valence-electron chi connectivity index (χ0n) is 11.7. The monoisotopic (exact) mass is 335 g/mol. The maximum Gasteiger partial charge on any atom is 0.270 e. The second-order valence-corrected chi connectivity index (χ2v) is 5.54. The first-order valence-corrected chi connectivity index (χ1v) is 7.42. The van der Waals surface area contributed by atoms with Gasteiger partial charge in [-0.3, -0.25) is 9.78 Å². The van der Waals surface area contributed by atoms with E-state index in [1.165, 1.54) is 0 Å². The van der Waals surface area contributed by atoms with E-state index in [0.29, 0.717) is 12.2 Å². The number of aromatic nitrogens is 2. The molecule has 0 saturated heterocycles. The summed E-state index contributed by atoms with van der Waals surface area (Å²) in [5, 5.41) is 0. The van der Waals surface area contributed by atoms with Gasteiger partial charge in [-0.15, -0.1) is 0 Å². The van der Waals surface area contributed by atoms with Crippen molar-refractivity contribution >= 4 is 21.8 Å². The number of nitrogens with zero attached hydrogens (tertiary/aromatic N) is 3. The summed E-state index contributed by atoms with van der Waals surface area (Å²) in [5.74, 6) is 0.0356. The third-order valence-electron chi connectivity index (χ3n) is 3.20. The Morgan fingerprint density at radius 1 is 1.45 bits per heavy atom. The topological polar surface area (TPSA) is 38.1 Å². The Morgan fingerprint density at radius 2 is 2.25 bits per heavy atom. The molecule has 2 heterocycles. The molecule has 0 aliphatic carbocycles. The first kappa shape index (κ1) is 14.8. The first-order chi connectivity index (χ1) is 9.61. The number of carbonyl (C=O) groups is 1. The summed E-state index contributed by atoms with van der Waals surface area (Å²) in [6, 6.07) is 7.69. The lowest BCUT2D eigenvalue weighted by molar-refractivity contribution is 0.0786. The number of carbonyl (C=O) groups excluding carboxylic acids is 1. The molecule has 0 unspecified atom stereocenters. The molecule has 2 rings (SSSR count). The fourth-order valence-corrected chi connectivity index (χ4v) is 2.50. The summed E-state index contributed by atoms with van der Waals surface area (Å²) in [4.78, 5) is 18.4. The van der Waals surface area contributed by atoms with Gasteiger partial charge in [0.05, 0.1) is 0 Å². The molecule has 0 radical (unpaired) electrons.